The van der Waals surface area contributed by atoms with Crippen LogP contribution in [0.5, 0.6) is 0 Å². The van der Waals surface area contributed by atoms with E-state index in [2.05, 4.69) is 10.3 Å². The highest BCUT2D eigenvalue weighted by molar-refractivity contribution is 8.01. The SMILES string of the molecule is CNCC1CCN(C(=O)c2ccc(Sc3nc(C)cs3)c([N+](=O)[O-])c2)C1.Cl. The first kappa shape index (κ1) is 21.6. The third-order valence-corrected chi connectivity index (χ3v) is 6.39. The maximum absolute atomic E-state index is 12.7. The summed E-state index contributed by atoms with van der Waals surface area (Å²) in [6.45, 7) is 4.12. The van der Waals surface area contributed by atoms with Crippen LogP contribution in [0, 0.1) is 23.0 Å². The van der Waals surface area contributed by atoms with Gasteiger partial charge in [0.25, 0.3) is 11.6 Å². The number of likely N-dealkylation sites (tertiary alicyclic amines) is 1. The molecule has 2 heterocycles. The van der Waals surface area contributed by atoms with Crippen molar-refractivity contribution in [3.05, 3.63) is 45.0 Å². The number of benzene rings is 1. The molecule has 146 valence electrons. The molecule has 1 aromatic heterocycles. The van der Waals surface area contributed by atoms with Crippen molar-refractivity contribution >= 4 is 47.1 Å². The lowest BCUT2D eigenvalue weighted by Gasteiger charge is -2.17. The van der Waals surface area contributed by atoms with Gasteiger partial charge in [0.15, 0.2) is 4.34 Å². The summed E-state index contributed by atoms with van der Waals surface area (Å²) in [7, 11) is 1.90. The van der Waals surface area contributed by atoms with Crippen LogP contribution in [0.25, 0.3) is 0 Å². The van der Waals surface area contributed by atoms with Gasteiger partial charge < -0.3 is 10.2 Å². The van der Waals surface area contributed by atoms with Gasteiger partial charge >= 0.3 is 0 Å². The third-order valence-electron chi connectivity index (χ3n) is 4.26. The Morgan fingerprint density at radius 3 is 2.93 bits per heavy atom. The largest absolute Gasteiger partial charge is 0.338 e. The van der Waals surface area contributed by atoms with E-state index in [9.17, 15) is 14.9 Å². The summed E-state index contributed by atoms with van der Waals surface area (Å²) in [6, 6.07) is 4.70. The van der Waals surface area contributed by atoms with Crippen molar-refractivity contribution in [2.45, 2.75) is 22.6 Å². The summed E-state index contributed by atoms with van der Waals surface area (Å²) >= 11 is 2.70. The van der Waals surface area contributed by atoms with E-state index in [0.29, 0.717) is 29.5 Å². The summed E-state index contributed by atoms with van der Waals surface area (Å²) in [5.41, 5.74) is 1.19. The summed E-state index contributed by atoms with van der Waals surface area (Å²) in [5, 5.41) is 16.5. The fourth-order valence-electron chi connectivity index (χ4n) is 3.01. The van der Waals surface area contributed by atoms with Gasteiger partial charge in [0.2, 0.25) is 0 Å². The molecule has 2 aromatic rings. The molecule has 0 radical (unpaired) electrons. The summed E-state index contributed by atoms with van der Waals surface area (Å²) in [5.74, 6) is 0.287. The Bertz CT molecular complexity index is 830. The molecule has 1 N–H and O–H groups in total. The van der Waals surface area contributed by atoms with Crippen LogP contribution in [0.15, 0.2) is 32.8 Å². The molecule has 1 aliphatic rings. The minimum atomic E-state index is -0.437. The minimum Gasteiger partial charge on any atom is -0.338 e. The molecule has 7 nitrogen and oxygen atoms in total. The smallest absolute Gasteiger partial charge is 0.284 e. The standard InChI is InChI=1S/C17H20N4O3S2.ClH/c1-11-10-25-17(19-11)26-15-4-3-13(7-14(15)21(23)24)16(22)20-6-5-12(9-20)8-18-2;/h3-4,7,10,12,18H,5-6,8-9H2,1-2H3;1H. The Morgan fingerprint density at radius 1 is 1.52 bits per heavy atom. The second-order valence-electron chi connectivity index (χ2n) is 6.26. The van der Waals surface area contributed by atoms with E-state index in [0.717, 1.165) is 23.0 Å². The zero-order chi connectivity index (χ0) is 18.7. The number of aromatic nitrogens is 1. The van der Waals surface area contributed by atoms with Gasteiger partial charge in [-0.25, -0.2) is 4.98 Å². The van der Waals surface area contributed by atoms with Crippen molar-refractivity contribution in [2.24, 2.45) is 5.92 Å². The second-order valence-corrected chi connectivity index (χ2v) is 8.41. The maximum Gasteiger partial charge on any atom is 0.284 e. The number of carbonyl (C=O) groups excluding carboxylic acids is 1. The van der Waals surface area contributed by atoms with E-state index in [1.807, 2.05) is 19.4 Å². The van der Waals surface area contributed by atoms with E-state index in [1.54, 1.807) is 17.0 Å². The van der Waals surface area contributed by atoms with Crippen LogP contribution >= 0.6 is 35.5 Å². The molecule has 1 amide bonds. The zero-order valence-corrected chi connectivity index (χ0v) is 17.5. The predicted octanol–water partition coefficient (Wildman–Crippen LogP) is 3.61. The van der Waals surface area contributed by atoms with E-state index in [4.69, 9.17) is 0 Å². The molecule has 27 heavy (non-hydrogen) atoms. The monoisotopic (exact) mass is 428 g/mol. The van der Waals surface area contributed by atoms with Gasteiger partial charge in [-0.3, -0.25) is 14.9 Å². The number of nitrogens with zero attached hydrogens (tertiary/aromatic N) is 3. The molecule has 3 rings (SSSR count). The van der Waals surface area contributed by atoms with Crippen molar-refractivity contribution in [3.8, 4) is 0 Å². The fraction of sp³-hybridized carbons (Fsp3) is 0.412. The number of hydrogen-bond donors (Lipinski definition) is 1. The molecule has 1 aliphatic heterocycles. The molecule has 1 saturated heterocycles. The molecule has 1 atom stereocenters. The van der Waals surface area contributed by atoms with E-state index in [-0.39, 0.29) is 24.0 Å². The Balaban J connectivity index is 0.00000261. The van der Waals surface area contributed by atoms with Crippen LogP contribution < -0.4 is 5.32 Å². The lowest BCUT2D eigenvalue weighted by molar-refractivity contribution is -0.387. The summed E-state index contributed by atoms with van der Waals surface area (Å²) in [4.78, 5) is 30.4. The molecule has 10 heteroatoms. The van der Waals surface area contributed by atoms with Gasteiger partial charge in [0.05, 0.1) is 9.82 Å². The number of nitrogens with one attached hydrogen (secondary N) is 1. The van der Waals surface area contributed by atoms with E-state index in [1.165, 1.54) is 29.2 Å². The van der Waals surface area contributed by atoms with Gasteiger partial charge in [0, 0.05) is 35.8 Å². The predicted molar refractivity (Wildman–Crippen MR) is 109 cm³/mol. The van der Waals surface area contributed by atoms with Crippen molar-refractivity contribution in [1.82, 2.24) is 15.2 Å². The molecule has 1 fully saturated rings. The van der Waals surface area contributed by atoms with Crippen LogP contribution in [-0.4, -0.2) is 47.4 Å². The topological polar surface area (TPSA) is 88.4 Å². The van der Waals surface area contributed by atoms with Crippen molar-refractivity contribution in [3.63, 3.8) is 0 Å². The molecule has 1 aromatic carbocycles. The van der Waals surface area contributed by atoms with Crippen molar-refractivity contribution < 1.29 is 9.72 Å². The lowest BCUT2D eigenvalue weighted by atomic mass is 10.1. The zero-order valence-electron chi connectivity index (χ0n) is 15.0. The summed E-state index contributed by atoms with van der Waals surface area (Å²) in [6.07, 6.45) is 0.950. The number of rotatable bonds is 6. The molecular weight excluding hydrogens is 408 g/mol. The highest BCUT2D eigenvalue weighted by Crippen LogP contribution is 2.37. The normalized spacial score (nSPS) is 16.2. The molecule has 0 spiro atoms. The molecular formula is C17H21ClN4O3S2. The maximum atomic E-state index is 12.7. The summed E-state index contributed by atoms with van der Waals surface area (Å²) < 4.78 is 0.749. The highest BCUT2D eigenvalue weighted by Gasteiger charge is 2.28. The first-order chi connectivity index (χ1) is 12.5. The molecule has 0 bridgehead atoms. The van der Waals surface area contributed by atoms with Crippen LogP contribution in [0.4, 0.5) is 5.69 Å². The van der Waals surface area contributed by atoms with Gasteiger partial charge in [0.1, 0.15) is 0 Å². The number of aryl methyl sites for hydroxylation is 1. The van der Waals surface area contributed by atoms with Crippen molar-refractivity contribution in [1.29, 1.82) is 0 Å². The number of hydrogen-bond acceptors (Lipinski definition) is 7. The number of nitro benzene ring substituents is 1. The van der Waals surface area contributed by atoms with Gasteiger partial charge in [-0.15, -0.1) is 23.7 Å². The van der Waals surface area contributed by atoms with Crippen LogP contribution in [0.2, 0.25) is 0 Å². The first-order valence-corrected chi connectivity index (χ1v) is 10.00. The van der Waals surface area contributed by atoms with E-state index >= 15 is 0 Å². The number of carbonyl (C=O) groups is 1. The Labute approximate surface area is 172 Å². The van der Waals surface area contributed by atoms with Crippen LogP contribution in [0.1, 0.15) is 22.5 Å². The quantitative estimate of drug-likeness (QED) is 0.558. The number of nitro groups is 1. The molecule has 1 unspecified atom stereocenters. The first-order valence-electron chi connectivity index (χ1n) is 8.30. The second kappa shape index (κ2) is 9.50. The number of amides is 1. The van der Waals surface area contributed by atoms with Gasteiger partial charge in [-0.1, -0.05) is 11.8 Å². The fourth-order valence-corrected chi connectivity index (χ4v) is 4.89. The van der Waals surface area contributed by atoms with Crippen molar-refractivity contribution in [2.75, 3.05) is 26.7 Å². The highest BCUT2D eigenvalue weighted by atomic mass is 35.5. The third kappa shape index (κ3) is 5.19. The average Bonchev–Trinajstić information content (AvgIpc) is 3.24. The number of thiazole rings is 1. The lowest BCUT2D eigenvalue weighted by Crippen LogP contribution is -2.30. The van der Waals surface area contributed by atoms with E-state index < -0.39 is 4.92 Å². The molecule has 0 saturated carbocycles. The minimum absolute atomic E-state index is 0. The number of halogens is 1. The van der Waals surface area contributed by atoms with Crippen LogP contribution in [0.3, 0.4) is 0 Å². The van der Waals surface area contributed by atoms with Gasteiger partial charge in [-0.05, 0) is 45.0 Å². The molecule has 0 aliphatic carbocycles. The Morgan fingerprint density at radius 2 is 2.30 bits per heavy atom. The average molecular weight is 429 g/mol. The van der Waals surface area contributed by atoms with Gasteiger partial charge in [-0.2, -0.15) is 0 Å². The Hall–Kier alpha value is -1.68. The van der Waals surface area contributed by atoms with Crippen LogP contribution in [-0.2, 0) is 0 Å². The Kier molecular flexibility index (Phi) is 7.60.